The summed E-state index contributed by atoms with van der Waals surface area (Å²) >= 11 is 0. The molecule has 5 nitrogen and oxygen atoms in total. The van der Waals surface area contributed by atoms with Gasteiger partial charge in [-0.1, -0.05) is 18.2 Å². The Morgan fingerprint density at radius 2 is 1.89 bits per heavy atom. The van der Waals surface area contributed by atoms with Gasteiger partial charge in [0.2, 0.25) is 0 Å². The van der Waals surface area contributed by atoms with Crippen molar-refractivity contribution in [2.24, 2.45) is 0 Å². The maximum absolute atomic E-state index is 12.2. The molecule has 1 aromatic heterocycles. The predicted molar refractivity (Wildman–Crippen MR) is 68.5 cm³/mol. The Bertz CT molecular complexity index is 696. The molecule has 6 heteroatoms. The molecule has 0 saturated heterocycles. The minimum Gasteiger partial charge on any atom is -0.478 e. The van der Waals surface area contributed by atoms with E-state index in [1.807, 2.05) is 0 Å². The lowest BCUT2D eigenvalue weighted by atomic mass is 10.2. The van der Waals surface area contributed by atoms with Crippen LogP contribution in [0.3, 0.4) is 0 Å². The molecule has 1 aromatic carbocycles. The molecule has 98 valence electrons. The summed E-state index contributed by atoms with van der Waals surface area (Å²) in [5.74, 6) is -1.53. The average molecular weight is 277 g/mol. The van der Waals surface area contributed by atoms with E-state index in [-0.39, 0.29) is 16.2 Å². The topological polar surface area (TPSA) is 84.3 Å². The number of pyridine rings is 1. The molecule has 0 saturated carbocycles. The van der Waals surface area contributed by atoms with Crippen molar-refractivity contribution in [2.75, 3.05) is 0 Å². The standard InChI is InChI=1S/C13H11NO4S/c15-13(16)11-5-1-2-6-12(11)19(17,18)9-10-4-3-7-14-8-10/h1-8H,9H2,(H,15,16). The molecule has 0 amide bonds. The summed E-state index contributed by atoms with van der Waals surface area (Å²) in [4.78, 5) is 14.7. The third-order valence-corrected chi connectivity index (χ3v) is 4.27. The van der Waals surface area contributed by atoms with Gasteiger partial charge in [0, 0.05) is 12.4 Å². The highest BCUT2D eigenvalue weighted by Crippen LogP contribution is 2.20. The van der Waals surface area contributed by atoms with E-state index >= 15 is 0 Å². The zero-order valence-electron chi connectivity index (χ0n) is 9.85. The monoisotopic (exact) mass is 277 g/mol. The molecule has 1 N–H and O–H groups in total. The SMILES string of the molecule is O=C(O)c1ccccc1S(=O)(=O)Cc1cccnc1. The van der Waals surface area contributed by atoms with Crippen LogP contribution >= 0.6 is 0 Å². The Balaban J connectivity index is 2.43. The van der Waals surface area contributed by atoms with Crippen molar-refractivity contribution >= 4 is 15.8 Å². The van der Waals surface area contributed by atoms with Gasteiger partial charge in [0.15, 0.2) is 9.84 Å². The fourth-order valence-corrected chi connectivity index (χ4v) is 3.24. The number of hydrogen-bond acceptors (Lipinski definition) is 4. The zero-order valence-corrected chi connectivity index (χ0v) is 10.7. The number of rotatable bonds is 4. The molecule has 1 heterocycles. The van der Waals surface area contributed by atoms with E-state index in [4.69, 9.17) is 5.11 Å². The molecule has 0 spiro atoms. The van der Waals surface area contributed by atoms with E-state index < -0.39 is 15.8 Å². The zero-order chi connectivity index (χ0) is 13.9. The highest BCUT2D eigenvalue weighted by atomic mass is 32.2. The molecule has 2 aromatic rings. The number of carboxylic acid groups (broad SMARTS) is 1. The van der Waals surface area contributed by atoms with Gasteiger partial charge in [0.05, 0.1) is 16.2 Å². The van der Waals surface area contributed by atoms with Crippen molar-refractivity contribution in [3.05, 3.63) is 59.9 Å². The lowest BCUT2D eigenvalue weighted by molar-refractivity contribution is 0.0692. The molecular weight excluding hydrogens is 266 g/mol. The summed E-state index contributed by atoms with van der Waals surface area (Å²) in [6.45, 7) is 0. The minimum absolute atomic E-state index is 0.175. The normalized spacial score (nSPS) is 11.2. The fraction of sp³-hybridized carbons (Fsp3) is 0.0769. The van der Waals surface area contributed by atoms with Crippen molar-refractivity contribution in [2.45, 2.75) is 10.6 Å². The lowest BCUT2D eigenvalue weighted by Crippen LogP contribution is -2.11. The van der Waals surface area contributed by atoms with Crippen LogP contribution in [0.5, 0.6) is 0 Å². The Morgan fingerprint density at radius 3 is 2.53 bits per heavy atom. The van der Waals surface area contributed by atoms with Crippen molar-refractivity contribution in [1.82, 2.24) is 4.98 Å². The Hall–Kier alpha value is -2.21. The predicted octanol–water partition coefficient (Wildman–Crippen LogP) is 1.75. The highest BCUT2D eigenvalue weighted by molar-refractivity contribution is 7.90. The fourth-order valence-electron chi connectivity index (χ4n) is 1.70. The van der Waals surface area contributed by atoms with Crippen LogP contribution in [0.2, 0.25) is 0 Å². The number of carboxylic acids is 1. The summed E-state index contributed by atoms with van der Waals surface area (Å²) in [5, 5.41) is 9.02. The van der Waals surface area contributed by atoms with Crippen molar-refractivity contribution in [3.8, 4) is 0 Å². The number of nitrogens with zero attached hydrogens (tertiary/aromatic N) is 1. The van der Waals surface area contributed by atoms with Gasteiger partial charge in [-0.05, 0) is 23.8 Å². The van der Waals surface area contributed by atoms with E-state index in [1.165, 1.54) is 30.5 Å². The van der Waals surface area contributed by atoms with Crippen molar-refractivity contribution in [1.29, 1.82) is 0 Å². The maximum Gasteiger partial charge on any atom is 0.337 e. The molecule has 19 heavy (non-hydrogen) atoms. The van der Waals surface area contributed by atoms with Gasteiger partial charge in [-0.25, -0.2) is 13.2 Å². The van der Waals surface area contributed by atoms with Crippen LogP contribution in [0.1, 0.15) is 15.9 Å². The van der Waals surface area contributed by atoms with Gasteiger partial charge < -0.3 is 5.11 Å². The largest absolute Gasteiger partial charge is 0.478 e. The number of aromatic carboxylic acids is 1. The van der Waals surface area contributed by atoms with Gasteiger partial charge in [-0.3, -0.25) is 4.98 Å². The summed E-state index contributed by atoms with van der Waals surface area (Å²) in [6.07, 6.45) is 2.99. The molecule has 0 aliphatic rings. The second kappa shape index (κ2) is 5.19. The van der Waals surface area contributed by atoms with Gasteiger partial charge in [0.25, 0.3) is 0 Å². The van der Waals surface area contributed by atoms with Crippen LogP contribution in [-0.2, 0) is 15.6 Å². The maximum atomic E-state index is 12.2. The molecule has 0 fully saturated rings. The molecule has 2 rings (SSSR count). The van der Waals surface area contributed by atoms with Crippen molar-refractivity contribution in [3.63, 3.8) is 0 Å². The van der Waals surface area contributed by atoms with E-state index in [9.17, 15) is 13.2 Å². The molecule has 0 bridgehead atoms. The number of benzene rings is 1. The highest BCUT2D eigenvalue weighted by Gasteiger charge is 2.22. The number of sulfone groups is 1. The first-order valence-electron chi connectivity index (χ1n) is 5.45. The average Bonchev–Trinajstić information content (AvgIpc) is 2.39. The second-order valence-corrected chi connectivity index (χ2v) is 5.88. The number of carbonyl (C=O) groups is 1. The third-order valence-electron chi connectivity index (χ3n) is 2.53. The Labute approximate surface area is 110 Å². The van der Waals surface area contributed by atoms with Crippen LogP contribution in [0.25, 0.3) is 0 Å². The quantitative estimate of drug-likeness (QED) is 0.920. The number of aromatic nitrogens is 1. The van der Waals surface area contributed by atoms with Gasteiger partial charge in [-0.15, -0.1) is 0 Å². The summed E-state index contributed by atoms with van der Waals surface area (Å²) in [7, 11) is -3.71. The van der Waals surface area contributed by atoms with Crippen LogP contribution < -0.4 is 0 Å². The third kappa shape index (κ3) is 2.97. The van der Waals surface area contributed by atoms with E-state index in [0.29, 0.717) is 5.56 Å². The summed E-state index contributed by atoms with van der Waals surface area (Å²) < 4.78 is 24.5. The molecule has 0 atom stereocenters. The molecule has 0 radical (unpaired) electrons. The molecular formula is C13H11NO4S. The Morgan fingerprint density at radius 1 is 1.16 bits per heavy atom. The Kier molecular flexibility index (Phi) is 3.62. The van der Waals surface area contributed by atoms with Crippen LogP contribution in [-0.4, -0.2) is 24.5 Å². The number of hydrogen-bond donors (Lipinski definition) is 1. The lowest BCUT2D eigenvalue weighted by Gasteiger charge is -2.07. The second-order valence-electron chi connectivity index (χ2n) is 3.92. The van der Waals surface area contributed by atoms with Crippen LogP contribution in [0.4, 0.5) is 0 Å². The summed E-state index contributed by atoms with van der Waals surface area (Å²) in [5.41, 5.74) is 0.300. The van der Waals surface area contributed by atoms with E-state index in [1.54, 1.807) is 18.3 Å². The molecule has 0 unspecified atom stereocenters. The first kappa shape index (κ1) is 13.2. The van der Waals surface area contributed by atoms with Gasteiger partial charge in [-0.2, -0.15) is 0 Å². The first-order valence-corrected chi connectivity index (χ1v) is 7.10. The van der Waals surface area contributed by atoms with Gasteiger partial charge >= 0.3 is 5.97 Å². The van der Waals surface area contributed by atoms with Gasteiger partial charge in [0.1, 0.15) is 0 Å². The van der Waals surface area contributed by atoms with Crippen LogP contribution in [0, 0.1) is 0 Å². The molecule has 0 aliphatic carbocycles. The van der Waals surface area contributed by atoms with Crippen molar-refractivity contribution < 1.29 is 18.3 Å². The molecule has 0 aliphatic heterocycles. The summed E-state index contributed by atoms with van der Waals surface area (Å²) in [6, 6.07) is 8.84. The smallest absolute Gasteiger partial charge is 0.337 e. The minimum atomic E-state index is -3.71. The van der Waals surface area contributed by atoms with Crippen LogP contribution in [0.15, 0.2) is 53.7 Å². The van der Waals surface area contributed by atoms with E-state index in [0.717, 1.165) is 0 Å². The first-order chi connectivity index (χ1) is 9.00. The van der Waals surface area contributed by atoms with E-state index in [2.05, 4.69) is 4.98 Å².